The molecule has 0 atom stereocenters. The molecule has 1 heterocycles. The smallest absolute Gasteiger partial charge is 0.181 e. The Kier molecular flexibility index (Phi) is 2.71. The van der Waals surface area contributed by atoms with Crippen LogP contribution in [0.5, 0.6) is 5.75 Å². The molecule has 1 aromatic carbocycles. The minimum absolute atomic E-state index is 0.160. The van der Waals surface area contributed by atoms with Crippen LogP contribution in [0, 0.1) is 5.82 Å². The van der Waals surface area contributed by atoms with E-state index in [1.807, 2.05) is 13.8 Å². The second-order valence-corrected chi connectivity index (χ2v) is 4.89. The number of methoxy groups -OCH3 is 1. The summed E-state index contributed by atoms with van der Waals surface area (Å²) >= 11 is 1.37. The van der Waals surface area contributed by atoms with Gasteiger partial charge in [-0.1, -0.05) is 25.2 Å². The van der Waals surface area contributed by atoms with Crippen molar-refractivity contribution in [3.63, 3.8) is 0 Å². The zero-order valence-electron chi connectivity index (χ0n) is 9.37. The molecule has 0 saturated carbocycles. The highest BCUT2D eigenvalue weighted by atomic mass is 32.1. The van der Waals surface area contributed by atoms with Gasteiger partial charge in [0.2, 0.25) is 0 Å². The van der Waals surface area contributed by atoms with Crippen LogP contribution in [0.1, 0.15) is 25.3 Å². The van der Waals surface area contributed by atoms with Gasteiger partial charge in [0.25, 0.3) is 0 Å². The molecular weight excluding hydrogens is 227 g/mol. The van der Waals surface area contributed by atoms with Crippen molar-refractivity contribution in [2.24, 2.45) is 0 Å². The van der Waals surface area contributed by atoms with Crippen molar-refractivity contribution in [1.82, 2.24) is 4.98 Å². The highest BCUT2D eigenvalue weighted by Crippen LogP contribution is 2.39. The fourth-order valence-electron chi connectivity index (χ4n) is 1.79. The molecule has 0 aliphatic rings. The molecule has 5 heteroatoms. The summed E-state index contributed by atoms with van der Waals surface area (Å²) in [6, 6.07) is 1.37. The molecule has 86 valence electrons. The van der Waals surface area contributed by atoms with Crippen molar-refractivity contribution < 1.29 is 9.13 Å². The normalized spacial score (nSPS) is 11.3. The van der Waals surface area contributed by atoms with Crippen LogP contribution in [0.3, 0.4) is 0 Å². The Balaban J connectivity index is 2.86. The molecule has 0 aliphatic carbocycles. The van der Waals surface area contributed by atoms with Gasteiger partial charge in [0.15, 0.2) is 16.7 Å². The average molecular weight is 240 g/mol. The first kappa shape index (κ1) is 11.1. The molecule has 3 nitrogen and oxygen atoms in total. The van der Waals surface area contributed by atoms with Crippen LogP contribution < -0.4 is 10.5 Å². The molecule has 0 radical (unpaired) electrons. The first-order valence-electron chi connectivity index (χ1n) is 4.97. The number of benzene rings is 1. The topological polar surface area (TPSA) is 48.1 Å². The van der Waals surface area contributed by atoms with E-state index in [9.17, 15) is 4.39 Å². The lowest BCUT2D eigenvalue weighted by Crippen LogP contribution is -1.97. The molecule has 0 spiro atoms. The van der Waals surface area contributed by atoms with Crippen molar-refractivity contribution in [2.75, 3.05) is 12.8 Å². The maximum absolute atomic E-state index is 13.7. The molecule has 2 rings (SSSR count). The minimum atomic E-state index is -0.385. The van der Waals surface area contributed by atoms with Crippen LogP contribution >= 0.6 is 11.3 Å². The molecule has 2 N–H and O–H groups in total. The predicted molar refractivity (Wildman–Crippen MR) is 64.6 cm³/mol. The minimum Gasteiger partial charge on any atom is -0.493 e. The SMILES string of the molecule is COc1c(F)cc2nc(N)sc2c1C(C)C. The maximum atomic E-state index is 13.7. The molecule has 1 aromatic heterocycles. The Labute approximate surface area is 97.1 Å². The number of nitrogens with two attached hydrogens (primary N) is 1. The van der Waals surface area contributed by atoms with Gasteiger partial charge in [-0.25, -0.2) is 9.37 Å². The van der Waals surface area contributed by atoms with E-state index < -0.39 is 0 Å². The number of aromatic nitrogens is 1. The van der Waals surface area contributed by atoms with E-state index in [1.54, 1.807) is 0 Å². The van der Waals surface area contributed by atoms with Crippen molar-refractivity contribution in [3.8, 4) is 5.75 Å². The Morgan fingerprint density at radius 2 is 2.19 bits per heavy atom. The summed E-state index contributed by atoms with van der Waals surface area (Å²) in [7, 11) is 1.47. The number of ether oxygens (including phenoxy) is 1. The second-order valence-electron chi connectivity index (χ2n) is 3.86. The van der Waals surface area contributed by atoms with E-state index in [0.29, 0.717) is 16.4 Å². The Morgan fingerprint density at radius 1 is 1.50 bits per heavy atom. The Morgan fingerprint density at radius 3 is 2.75 bits per heavy atom. The van der Waals surface area contributed by atoms with Gasteiger partial charge in [-0.05, 0) is 5.92 Å². The van der Waals surface area contributed by atoms with Gasteiger partial charge in [0.05, 0.1) is 17.3 Å². The highest BCUT2D eigenvalue weighted by Gasteiger charge is 2.19. The van der Waals surface area contributed by atoms with Gasteiger partial charge >= 0.3 is 0 Å². The predicted octanol–water partition coefficient (Wildman–Crippen LogP) is 3.15. The van der Waals surface area contributed by atoms with Crippen molar-refractivity contribution in [3.05, 3.63) is 17.4 Å². The number of nitrogen functional groups attached to an aromatic ring is 1. The molecular formula is C11H13FN2OS. The Hall–Kier alpha value is -1.36. The number of hydrogen-bond donors (Lipinski definition) is 1. The largest absolute Gasteiger partial charge is 0.493 e. The molecule has 0 aliphatic heterocycles. The van der Waals surface area contributed by atoms with Crippen LogP contribution in [0.4, 0.5) is 9.52 Å². The van der Waals surface area contributed by atoms with Gasteiger partial charge in [-0.2, -0.15) is 0 Å². The van der Waals surface area contributed by atoms with Gasteiger partial charge in [-0.15, -0.1) is 0 Å². The summed E-state index contributed by atoms with van der Waals surface area (Å²) in [5, 5.41) is 0.449. The second kappa shape index (κ2) is 3.90. The van der Waals surface area contributed by atoms with E-state index in [2.05, 4.69) is 4.98 Å². The quantitative estimate of drug-likeness (QED) is 0.877. The summed E-state index contributed by atoms with van der Waals surface area (Å²) in [5.41, 5.74) is 7.09. The lowest BCUT2D eigenvalue weighted by atomic mass is 10.0. The zero-order chi connectivity index (χ0) is 11.9. The zero-order valence-corrected chi connectivity index (χ0v) is 10.2. The monoisotopic (exact) mass is 240 g/mol. The first-order chi connectivity index (χ1) is 7.54. The van der Waals surface area contributed by atoms with Gasteiger partial charge in [0, 0.05) is 11.6 Å². The summed E-state index contributed by atoms with van der Waals surface area (Å²) in [6.07, 6.45) is 0. The molecule has 0 amide bonds. The molecule has 0 fully saturated rings. The summed E-state index contributed by atoms with van der Waals surface area (Å²) in [6.45, 7) is 3.99. The third-order valence-electron chi connectivity index (χ3n) is 2.42. The first-order valence-corrected chi connectivity index (χ1v) is 5.78. The van der Waals surface area contributed by atoms with E-state index in [1.165, 1.54) is 24.5 Å². The molecule has 0 saturated heterocycles. The van der Waals surface area contributed by atoms with Gasteiger partial charge < -0.3 is 10.5 Å². The van der Waals surface area contributed by atoms with Crippen LogP contribution in [0.15, 0.2) is 6.07 Å². The average Bonchev–Trinajstić information content (AvgIpc) is 2.55. The van der Waals surface area contributed by atoms with Crippen molar-refractivity contribution in [2.45, 2.75) is 19.8 Å². The molecule has 0 bridgehead atoms. The van der Waals surface area contributed by atoms with Gasteiger partial charge in [-0.3, -0.25) is 0 Å². The van der Waals surface area contributed by atoms with E-state index in [4.69, 9.17) is 10.5 Å². The van der Waals surface area contributed by atoms with Crippen LogP contribution in [-0.2, 0) is 0 Å². The van der Waals surface area contributed by atoms with Crippen molar-refractivity contribution >= 4 is 26.7 Å². The lowest BCUT2D eigenvalue weighted by Gasteiger charge is -2.13. The summed E-state index contributed by atoms with van der Waals surface area (Å²) in [4.78, 5) is 4.09. The number of hydrogen-bond acceptors (Lipinski definition) is 4. The number of nitrogens with zero attached hydrogens (tertiary/aromatic N) is 1. The Bertz CT molecular complexity index is 536. The summed E-state index contributed by atoms with van der Waals surface area (Å²) in [5.74, 6) is 0.0724. The van der Waals surface area contributed by atoms with Crippen LogP contribution in [0.2, 0.25) is 0 Å². The van der Waals surface area contributed by atoms with Crippen molar-refractivity contribution in [1.29, 1.82) is 0 Å². The van der Waals surface area contributed by atoms with E-state index in [0.717, 1.165) is 10.3 Å². The third-order valence-corrected chi connectivity index (χ3v) is 3.35. The molecule has 2 aromatic rings. The van der Waals surface area contributed by atoms with Gasteiger partial charge in [0.1, 0.15) is 0 Å². The maximum Gasteiger partial charge on any atom is 0.181 e. The summed E-state index contributed by atoms with van der Waals surface area (Å²) < 4.78 is 19.8. The van der Waals surface area contributed by atoms with Crippen LogP contribution in [0.25, 0.3) is 10.2 Å². The molecule has 0 unspecified atom stereocenters. The number of rotatable bonds is 2. The number of anilines is 1. The fourth-order valence-corrected chi connectivity index (χ4v) is 2.79. The standard InChI is InChI=1S/C11H13FN2OS/c1-5(2)8-9(15-3)6(12)4-7-10(8)16-11(13)14-7/h4-5H,1-3H3,(H2,13,14). The third kappa shape index (κ3) is 1.61. The number of halogens is 1. The number of thiazole rings is 1. The highest BCUT2D eigenvalue weighted by molar-refractivity contribution is 7.22. The van der Waals surface area contributed by atoms with E-state index >= 15 is 0 Å². The van der Waals surface area contributed by atoms with Crippen LogP contribution in [-0.4, -0.2) is 12.1 Å². The lowest BCUT2D eigenvalue weighted by molar-refractivity contribution is 0.381. The molecule has 16 heavy (non-hydrogen) atoms. The van der Waals surface area contributed by atoms with E-state index in [-0.39, 0.29) is 11.7 Å². The fraction of sp³-hybridized carbons (Fsp3) is 0.364. The number of fused-ring (bicyclic) bond motifs is 1.